The molecule has 32 heavy (non-hydrogen) atoms. The highest BCUT2D eigenvalue weighted by molar-refractivity contribution is 6.00. The molecule has 168 valence electrons. The molecular weight excluding hydrogens is 403 g/mol. The summed E-state index contributed by atoms with van der Waals surface area (Å²) in [6.45, 7) is 8.58. The molecule has 1 aliphatic rings. The molecule has 1 fully saturated rings. The largest absolute Gasteiger partial charge is 0.371 e. The van der Waals surface area contributed by atoms with Gasteiger partial charge in [-0.1, -0.05) is 31.5 Å². The third-order valence-electron chi connectivity index (χ3n) is 5.89. The van der Waals surface area contributed by atoms with Gasteiger partial charge in [-0.2, -0.15) is 5.10 Å². The second kappa shape index (κ2) is 9.55. The molecule has 2 aromatic carbocycles. The fourth-order valence-electron chi connectivity index (χ4n) is 4.33. The molecule has 1 amide bonds. The van der Waals surface area contributed by atoms with Gasteiger partial charge in [0.2, 0.25) is 0 Å². The van der Waals surface area contributed by atoms with E-state index in [1.54, 1.807) is 0 Å². The molecule has 6 heteroatoms. The maximum atomic E-state index is 13.9. The molecule has 2 heterocycles. The maximum absolute atomic E-state index is 13.9. The number of amides is 1. The zero-order chi connectivity index (χ0) is 22.7. The van der Waals surface area contributed by atoms with Crippen molar-refractivity contribution < 1.29 is 9.18 Å². The number of carbonyl (C=O) groups is 1. The minimum atomic E-state index is -0.278. The summed E-state index contributed by atoms with van der Waals surface area (Å²) in [4.78, 5) is 15.3. The quantitative estimate of drug-likeness (QED) is 0.534. The van der Waals surface area contributed by atoms with Crippen LogP contribution in [0.3, 0.4) is 0 Å². The Labute approximate surface area is 189 Å². The predicted molar refractivity (Wildman–Crippen MR) is 126 cm³/mol. The van der Waals surface area contributed by atoms with Gasteiger partial charge in [-0.05, 0) is 68.0 Å². The van der Waals surface area contributed by atoms with Gasteiger partial charge in [0.05, 0.1) is 23.5 Å². The number of carbonyl (C=O) groups excluding carboxylic acids is 1. The van der Waals surface area contributed by atoms with Gasteiger partial charge >= 0.3 is 0 Å². The van der Waals surface area contributed by atoms with Gasteiger partial charge in [-0.3, -0.25) is 9.89 Å². The molecule has 5 nitrogen and oxygen atoms in total. The zero-order valence-corrected chi connectivity index (χ0v) is 19.0. The van der Waals surface area contributed by atoms with E-state index in [-0.39, 0.29) is 11.7 Å². The normalized spacial score (nSPS) is 13.7. The first kappa shape index (κ1) is 22.1. The Balaban J connectivity index is 1.50. The van der Waals surface area contributed by atoms with Gasteiger partial charge in [0.25, 0.3) is 5.91 Å². The summed E-state index contributed by atoms with van der Waals surface area (Å²) in [6, 6.07) is 12.8. The number of hydrogen-bond donors (Lipinski definition) is 2. The number of aryl methyl sites for hydroxylation is 1. The van der Waals surface area contributed by atoms with Crippen molar-refractivity contribution in [2.45, 2.75) is 46.6 Å². The van der Waals surface area contributed by atoms with Gasteiger partial charge < -0.3 is 10.2 Å². The summed E-state index contributed by atoms with van der Waals surface area (Å²) in [6.07, 6.45) is 3.16. The molecule has 0 unspecified atom stereocenters. The molecule has 0 radical (unpaired) electrons. The van der Waals surface area contributed by atoms with E-state index in [2.05, 4.69) is 40.3 Å². The number of benzene rings is 2. The molecule has 0 spiro atoms. The Morgan fingerprint density at radius 2 is 1.94 bits per heavy atom. The molecule has 4 rings (SSSR count). The molecule has 1 aromatic heterocycles. The van der Waals surface area contributed by atoms with Crippen LogP contribution in [0.4, 0.5) is 10.1 Å². The average Bonchev–Trinajstić information content (AvgIpc) is 3.45. The lowest BCUT2D eigenvalue weighted by molar-refractivity contribution is 0.0951. The molecule has 2 N–H and O–H groups in total. The highest BCUT2D eigenvalue weighted by atomic mass is 19.1. The van der Waals surface area contributed by atoms with Crippen molar-refractivity contribution >= 4 is 11.6 Å². The van der Waals surface area contributed by atoms with Crippen LogP contribution in [-0.4, -0.2) is 29.2 Å². The number of hydrogen-bond acceptors (Lipinski definition) is 3. The summed E-state index contributed by atoms with van der Waals surface area (Å²) in [5, 5.41) is 10.4. The lowest BCUT2D eigenvalue weighted by Gasteiger charge is -2.21. The monoisotopic (exact) mass is 434 g/mol. The van der Waals surface area contributed by atoms with Crippen molar-refractivity contribution in [2.75, 3.05) is 18.0 Å². The third-order valence-corrected chi connectivity index (χ3v) is 5.89. The Morgan fingerprint density at radius 1 is 1.16 bits per heavy atom. The van der Waals surface area contributed by atoms with Gasteiger partial charge in [0, 0.05) is 24.3 Å². The number of rotatable bonds is 7. The van der Waals surface area contributed by atoms with Gasteiger partial charge in [0.1, 0.15) is 5.82 Å². The number of aromatic amines is 1. The fraction of sp³-hybridized carbons (Fsp3) is 0.385. The van der Waals surface area contributed by atoms with Crippen LogP contribution in [0.5, 0.6) is 0 Å². The van der Waals surface area contributed by atoms with E-state index >= 15 is 0 Å². The minimum absolute atomic E-state index is 0.0991. The van der Waals surface area contributed by atoms with Crippen molar-refractivity contribution in [1.29, 1.82) is 0 Å². The summed E-state index contributed by atoms with van der Waals surface area (Å²) in [5.74, 6) is 0.0771. The van der Waals surface area contributed by atoms with Crippen LogP contribution in [0.25, 0.3) is 11.3 Å². The van der Waals surface area contributed by atoms with E-state index in [1.165, 1.54) is 12.1 Å². The lowest BCUT2D eigenvalue weighted by Crippen LogP contribution is -2.27. The molecular formula is C26H31FN4O. The number of anilines is 1. The van der Waals surface area contributed by atoms with Crippen molar-refractivity contribution in [2.24, 2.45) is 5.92 Å². The van der Waals surface area contributed by atoms with Gasteiger partial charge in [-0.25, -0.2) is 4.39 Å². The van der Waals surface area contributed by atoms with Gasteiger partial charge in [0.15, 0.2) is 0 Å². The van der Waals surface area contributed by atoms with Crippen LogP contribution in [-0.2, 0) is 13.0 Å². The van der Waals surface area contributed by atoms with E-state index in [0.29, 0.717) is 23.7 Å². The second-order valence-electron chi connectivity index (χ2n) is 9.08. The first-order valence-corrected chi connectivity index (χ1v) is 11.4. The molecule has 0 atom stereocenters. The van der Waals surface area contributed by atoms with Crippen LogP contribution < -0.4 is 10.2 Å². The van der Waals surface area contributed by atoms with Crippen LogP contribution in [0.1, 0.15) is 53.9 Å². The first-order valence-electron chi connectivity index (χ1n) is 11.4. The number of nitrogens with zero attached hydrogens (tertiary/aromatic N) is 2. The number of aromatic nitrogens is 2. The van der Waals surface area contributed by atoms with Crippen molar-refractivity contribution in [3.05, 3.63) is 70.7 Å². The summed E-state index contributed by atoms with van der Waals surface area (Å²) >= 11 is 0. The van der Waals surface area contributed by atoms with Crippen LogP contribution >= 0.6 is 0 Å². The van der Waals surface area contributed by atoms with E-state index in [1.807, 2.05) is 31.2 Å². The highest BCUT2D eigenvalue weighted by Gasteiger charge is 2.20. The molecule has 0 bridgehead atoms. The van der Waals surface area contributed by atoms with E-state index in [0.717, 1.165) is 60.4 Å². The number of nitrogens with one attached hydrogen (secondary N) is 2. The van der Waals surface area contributed by atoms with Crippen molar-refractivity contribution in [3.63, 3.8) is 0 Å². The van der Waals surface area contributed by atoms with E-state index in [9.17, 15) is 9.18 Å². The zero-order valence-electron chi connectivity index (χ0n) is 19.0. The molecule has 1 saturated heterocycles. The van der Waals surface area contributed by atoms with Crippen LogP contribution in [0, 0.1) is 18.7 Å². The Bertz CT molecular complexity index is 1100. The standard InChI is InChI=1S/C26H31FN4O/c1-17(2)12-19-7-8-20(27)14-22(19)24-15-21(29-30-24)16-28-26(32)23-13-18(3)6-9-25(23)31-10-4-5-11-31/h6-9,13-15,17H,4-5,10-12,16H2,1-3H3,(H,28,32)(H,29,30). The third kappa shape index (κ3) is 5.01. The Morgan fingerprint density at radius 3 is 2.69 bits per heavy atom. The molecule has 3 aromatic rings. The Kier molecular flexibility index (Phi) is 6.58. The first-order chi connectivity index (χ1) is 15.4. The van der Waals surface area contributed by atoms with E-state index in [4.69, 9.17) is 0 Å². The molecule has 1 aliphatic heterocycles. The lowest BCUT2D eigenvalue weighted by atomic mass is 9.96. The SMILES string of the molecule is Cc1ccc(N2CCCC2)c(C(=O)NCc2cc(-c3cc(F)ccc3CC(C)C)n[nH]2)c1. The fourth-order valence-corrected chi connectivity index (χ4v) is 4.33. The summed E-state index contributed by atoms with van der Waals surface area (Å²) in [5.41, 5.74) is 6.10. The summed E-state index contributed by atoms with van der Waals surface area (Å²) < 4.78 is 13.9. The van der Waals surface area contributed by atoms with Gasteiger partial charge in [-0.15, -0.1) is 0 Å². The molecule has 0 saturated carbocycles. The minimum Gasteiger partial charge on any atom is -0.371 e. The van der Waals surface area contributed by atoms with Crippen LogP contribution in [0.15, 0.2) is 42.5 Å². The highest BCUT2D eigenvalue weighted by Crippen LogP contribution is 2.27. The smallest absolute Gasteiger partial charge is 0.253 e. The molecule has 0 aliphatic carbocycles. The maximum Gasteiger partial charge on any atom is 0.253 e. The van der Waals surface area contributed by atoms with Crippen molar-refractivity contribution in [1.82, 2.24) is 15.5 Å². The number of halogens is 1. The summed E-state index contributed by atoms with van der Waals surface area (Å²) in [7, 11) is 0. The second-order valence-corrected chi connectivity index (χ2v) is 9.08. The predicted octanol–water partition coefficient (Wildman–Crippen LogP) is 5.25. The average molecular weight is 435 g/mol. The topological polar surface area (TPSA) is 61.0 Å². The Hall–Kier alpha value is -3.15. The van der Waals surface area contributed by atoms with E-state index < -0.39 is 0 Å². The van der Waals surface area contributed by atoms with Crippen LogP contribution in [0.2, 0.25) is 0 Å². The number of H-pyrrole nitrogens is 1. The van der Waals surface area contributed by atoms with Crippen molar-refractivity contribution in [3.8, 4) is 11.3 Å².